The number of nitrogens with one attached hydrogen (secondary N) is 1. The molecular formula is C23H22FN3OS. The van der Waals surface area contributed by atoms with Crippen molar-refractivity contribution in [3.8, 4) is 0 Å². The number of carbonyl (C=O) groups is 1. The van der Waals surface area contributed by atoms with Crippen LogP contribution in [0.4, 0.5) is 4.39 Å². The summed E-state index contributed by atoms with van der Waals surface area (Å²) in [6.07, 6.45) is 4.81. The summed E-state index contributed by atoms with van der Waals surface area (Å²) < 4.78 is 15.5. The Labute approximate surface area is 174 Å². The molecule has 3 aromatic rings. The van der Waals surface area contributed by atoms with Gasteiger partial charge in [0.05, 0.1) is 5.52 Å². The molecular weight excluding hydrogens is 385 g/mol. The molecule has 2 heterocycles. The number of hydrogen-bond donors (Lipinski definition) is 1. The number of thiocarbonyl (C=S) groups is 1. The normalized spacial score (nSPS) is 15.6. The molecule has 1 aliphatic heterocycles. The van der Waals surface area contributed by atoms with Gasteiger partial charge in [0.2, 0.25) is 0 Å². The van der Waals surface area contributed by atoms with Gasteiger partial charge in [0.15, 0.2) is 5.11 Å². The van der Waals surface area contributed by atoms with Gasteiger partial charge in [0, 0.05) is 30.2 Å². The van der Waals surface area contributed by atoms with Crippen molar-refractivity contribution in [3.63, 3.8) is 0 Å². The molecule has 1 amide bonds. The predicted molar refractivity (Wildman–Crippen MR) is 118 cm³/mol. The minimum atomic E-state index is -0.243. The van der Waals surface area contributed by atoms with Crippen LogP contribution in [0.2, 0.25) is 0 Å². The van der Waals surface area contributed by atoms with E-state index in [0.717, 1.165) is 28.5 Å². The minimum Gasteiger partial charge on any atom is -0.342 e. The number of nitrogens with zero attached hydrogens (tertiary/aromatic N) is 2. The van der Waals surface area contributed by atoms with E-state index in [4.69, 9.17) is 12.2 Å². The topological polar surface area (TPSA) is 37.3 Å². The number of aromatic nitrogens is 1. The summed E-state index contributed by atoms with van der Waals surface area (Å²) in [4.78, 5) is 14.2. The molecule has 0 bridgehead atoms. The maximum Gasteiger partial charge on any atom is 0.276 e. The van der Waals surface area contributed by atoms with Crippen LogP contribution >= 0.6 is 12.2 Å². The van der Waals surface area contributed by atoms with Crippen molar-refractivity contribution in [3.05, 3.63) is 76.9 Å². The van der Waals surface area contributed by atoms with Crippen LogP contribution in [0.25, 0.3) is 17.0 Å². The van der Waals surface area contributed by atoms with Gasteiger partial charge < -0.3 is 9.88 Å². The largest absolute Gasteiger partial charge is 0.342 e. The summed E-state index contributed by atoms with van der Waals surface area (Å²) in [6, 6.07) is 12.8. The zero-order chi connectivity index (χ0) is 20.5. The highest BCUT2D eigenvalue weighted by Gasteiger charge is 2.29. The number of likely N-dealkylation sites (N-methyl/N-ethyl adjacent to an activating group) is 1. The third-order valence-corrected chi connectivity index (χ3v) is 5.56. The maximum atomic E-state index is 13.3. The second-order valence-corrected chi connectivity index (χ2v) is 7.43. The molecule has 1 fully saturated rings. The van der Waals surface area contributed by atoms with Gasteiger partial charge in [0.25, 0.3) is 5.91 Å². The Hall–Kier alpha value is -2.99. The number of para-hydroxylation sites is 1. The summed E-state index contributed by atoms with van der Waals surface area (Å²) in [6.45, 7) is 5.19. The summed E-state index contributed by atoms with van der Waals surface area (Å²) in [5, 5.41) is 4.55. The highest BCUT2D eigenvalue weighted by atomic mass is 32.1. The highest BCUT2D eigenvalue weighted by molar-refractivity contribution is 7.80. The van der Waals surface area contributed by atoms with Gasteiger partial charge in [-0.25, -0.2) is 4.39 Å². The van der Waals surface area contributed by atoms with E-state index < -0.39 is 0 Å². The van der Waals surface area contributed by atoms with Gasteiger partial charge in [-0.2, -0.15) is 0 Å². The number of benzene rings is 2. The lowest BCUT2D eigenvalue weighted by molar-refractivity contribution is -0.122. The van der Waals surface area contributed by atoms with E-state index >= 15 is 0 Å². The molecule has 0 aliphatic carbocycles. The molecule has 0 unspecified atom stereocenters. The van der Waals surface area contributed by atoms with Crippen molar-refractivity contribution in [2.24, 2.45) is 0 Å². The van der Waals surface area contributed by atoms with Gasteiger partial charge in [-0.3, -0.25) is 9.69 Å². The molecule has 1 saturated heterocycles. The smallest absolute Gasteiger partial charge is 0.276 e. The molecule has 0 radical (unpaired) electrons. The van der Waals surface area contributed by atoms with Crippen molar-refractivity contribution in [2.45, 2.75) is 26.8 Å². The third kappa shape index (κ3) is 3.56. The molecule has 1 N–H and O–H groups in total. The van der Waals surface area contributed by atoms with Gasteiger partial charge >= 0.3 is 0 Å². The van der Waals surface area contributed by atoms with E-state index in [9.17, 15) is 9.18 Å². The Morgan fingerprint density at radius 1 is 1.14 bits per heavy atom. The number of carbonyl (C=O) groups excluding carboxylic acids is 1. The van der Waals surface area contributed by atoms with Crippen molar-refractivity contribution >= 4 is 40.2 Å². The van der Waals surface area contributed by atoms with E-state index in [-0.39, 0.29) is 11.7 Å². The Morgan fingerprint density at radius 2 is 1.90 bits per heavy atom. The molecule has 6 heteroatoms. The molecule has 29 heavy (non-hydrogen) atoms. The van der Waals surface area contributed by atoms with Crippen LogP contribution < -0.4 is 5.32 Å². The van der Waals surface area contributed by atoms with Crippen LogP contribution in [0, 0.1) is 5.82 Å². The number of aryl methyl sites for hydroxylation is 1. The lowest BCUT2D eigenvalue weighted by atomic mass is 10.1. The van der Waals surface area contributed by atoms with Gasteiger partial charge in [-0.05, 0) is 54.9 Å². The molecule has 148 valence electrons. The zero-order valence-corrected chi connectivity index (χ0v) is 17.2. The second kappa shape index (κ2) is 7.79. The van der Waals surface area contributed by atoms with Gasteiger partial charge in [0.1, 0.15) is 11.5 Å². The number of amides is 1. The van der Waals surface area contributed by atoms with Crippen molar-refractivity contribution in [1.29, 1.82) is 0 Å². The number of rotatable bonds is 5. The fourth-order valence-electron chi connectivity index (χ4n) is 3.79. The Balaban J connectivity index is 1.81. The minimum absolute atomic E-state index is 0.108. The monoisotopic (exact) mass is 407 g/mol. The predicted octanol–water partition coefficient (Wildman–Crippen LogP) is 4.47. The average molecular weight is 408 g/mol. The van der Waals surface area contributed by atoms with Crippen LogP contribution in [-0.2, 0) is 17.8 Å². The third-order valence-electron chi connectivity index (χ3n) is 5.24. The van der Waals surface area contributed by atoms with E-state index in [1.54, 1.807) is 17.0 Å². The van der Waals surface area contributed by atoms with Crippen LogP contribution in [0.1, 0.15) is 30.5 Å². The fourth-order valence-corrected chi connectivity index (χ4v) is 4.11. The number of hydrogen-bond acceptors (Lipinski definition) is 2. The molecule has 0 spiro atoms. The van der Waals surface area contributed by atoms with Crippen LogP contribution in [0.5, 0.6) is 0 Å². The van der Waals surface area contributed by atoms with E-state index in [1.807, 2.05) is 25.3 Å². The standard InChI is InChI=1S/C23H22FN3OS/c1-3-16-6-5-7-19-17(12-20-22(28)27(4-2)23(29)25-20)14-26(21(16)19)13-15-8-10-18(24)11-9-15/h5-12,14H,3-4,13H2,1-2H3,(H,25,29). The second-order valence-electron chi connectivity index (χ2n) is 7.04. The highest BCUT2D eigenvalue weighted by Crippen LogP contribution is 2.28. The molecule has 0 saturated carbocycles. The van der Waals surface area contributed by atoms with Crippen LogP contribution in [-0.4, -0.2) is 27.0 Å². The molecule has 4 rings (SSSR count). The molecule has 0 atom stereocenters. The summed E-state index contributed by atoms with van der Waals surface area (Å²) in [7, 11) is 0. The maximum absolute atomic E-state index is 13.3. The first-order valence-corrected chi connectivity index (χ1v) is 10.1. The van der Waals surface area contributed by atoms with Crippen molar-refractivity contribution < 1.29 is 9.18 Å². The first kappa shape index (κ1) is 19.3. The van der Waals surface area contributed by atoms with Crippen LogP contribution in [0.3, 0.4) is 0 Å². The lowest BCUT2D eigenvalue weighted by Gasteiger charge is -2.09. The lowest BCUT2D eigenvalue weighted by Crippen LogP contribution is -2.30. The zero-order valence-electron chi connectivity index (χ0n) is 16.4. The fraction of sp³-hybridized carbons (Fsp3) is 0.217. The van der Waals surface area contributed by atoms with E-state index in [0.29, 0.717) is 23.9 Å². The Morgan fingerprint density at radius 3 is 2.55 bits per heavy atom. The Kier molecular flexibility index (Phi) is 5.20. The summed E-state index contributed by atoms with van der Waals surface area (Å²) in [5.74, 6) is -0.350. The molecule has 1 aliphatic rings. The number of fused-ring (bicyclic) bond motifs is 1. The van der Waals surface area contributed by atoms with Crippen LogP contribution in [0.15, 0.2) is 54.4 Å². The first-order chi connectivity index (χ1) is 14.0. The van der Waals surface area contributed by atoms with E-state index in [1.165, 1.54) is 17.7 Å². The van der Waals surface area contributed by atoms with Gasteiger partial charge in [-0.1, -0.05) is 37.3 Å². The SMILES string of the molecule is CCc1cccc2c(C=C3NC(=S)N(CC)C3=O)cn(Cc3ccc(F)cc3)c12. The van der Waals surface area contributed by atoms with E-state index in [2.05, 4.69) is 28.9 Å². The quantitative estimate of drug-likeness (QED) is 0.501. The van der Waals surface area contributed by atoms with Gasteiger partial charge in [-0.15, -0.1) is 0 Å². The Bertz CT molecular complexity index is 1130. The summed E-state index contributed by atoms with van der Waals surface area (Å²) >= 11 is 5.27. The molecule has 1 aromatic heterocycles. The average Bonchev–Trinajstić information content (AvgIpc) is 3.20. The van der Waals surface area contributed by atoms with Crippen molar-refractivity contribution in [1.82, 2.24) is 14.8 Å². The molecule has 4 nitrogen and oxygen atoms in total. The summed E-state index contributed by atoms with van der Waals surface area (Å²) in [5.41, 5.74) is 4.81. The molecule has 2 aromatic carbocycles. The number of halogens is 1. The van der Waals surface area contributed by atoms with Crippen molar-refractivity contribution in [2.75, 3.05) is 6.54 Å². The first-order valence-electron chi connectivity index (χ1n) is 9.71.